The van der Waals surface area contributed by atoms with Crippen molar-refractivity contribution in [2.75, 3.05) is 19.7 Å². The van der Waals surface area contributed by atoms with Crippen molar-refractivity contribution >= 4 is 43.5 Å². The van der Waals surface area contributed by atoms with Gasteiger partial charge in [0.05, 0.1) is 15.5 Å². The van der Waals surface area contributed by atoms with Crippen molar-refractivity contribution in [1.82, 2.24) is 4.31 Å². The van der Waals surface area contributed by atoms with E-state index >= 15 is 0 Å². The van der Waals surface area contributed by atoms with Crippen LogP contribution in [0.15, 0.2) is 27.6 Å². The van der Waals surface area contributed by atoms with Crippen molar-refractivity contribution in [1.29, 1.82) is 0 Å². The predicted molar refractivity (Wildman–Crippen MR) is 79.9 cm³/mol. The lowest BCUT2D eigenvalue weighted by atomic mass is 10.0. The van der Waals surface area contributed by atoms with Gasteiger partial charge >= 0.3 is 5.97 Å². The first-order valence-corrected chi connectivity index (χ1v) is 8.56. The first-order valence-electron chi connectivity index (χ1n) is 5.95. The zero-order valence-electron chi connectivity index (χ0n) is 11.0. The maximum Gasteiger partial charge on any atom is 0.329 e. The van der Waals surface area contributed by atoms with Crippen LogP contribution in [0, 0.1) is 0 Å². The van der Waals surface area contributed by atoms with E-state index in [1.807, 2.05) is 0 Å². The fraction of sp³-hybridized carbons (Fsp3) is 0.417. The quantitative estimate of drug-likeness (QED) is 0.820. The highest BCUT2D eigenvalue weighted by Crippen LogP contribution is 2.32. The smallest absolute Gasteiger partial charge is 0.329 e. The van der Waals surface area contributed by atoms with Crippen LogP contribution in [0.25, 0.3) is 0 Å². The van der Waals surface area contributed by atoms with E-state index in [2.05, 4.69) is 15.9 Å². The van der Waals surface area contributed by atoms with Gasteiger partial charge < -0.3 is 9.84 Å². The molecule has 21 heavy (non-hydrogen) atoms. The van der Waals surface area contributed by atoms with E-state index in [9.17, 15) is 13.2 Å². The SMILES string of the molecule is CC1(OCC(=O)O)CN(S(=O)(=O)c2ccc(Cl)c(Br)c2)C1. The van der Waals surface area contributed by atoms with Crippen molar-refractivity contribution in [3.8, 4) is 0 Å². The number of nitrogens with zero attached hydrogens (tertiary/aromatic N) is 1. The highest BCUT2D eigenvalue weighted by Gasteiger charge is 2.46. The van der Waals surface area contributed by atoms with Gasteiger partial charge in [-0.25, -0.2) is 13.2 Å². The summed E-state index contributed by atoms with van der Waals surface area (Å²) in [6.07, 6.45) is 0. The zero-order valence-corrected chi connectivity index (χ0v) is 14.2. The fourth-order valence-electron chi connectivity index (χ4n) is 1.98. The average molecular weight is 399 g/mol. The molecular formula is C12H13BrClNO5S. The van der Waals surface area contributed by atoms with Gasteiger partial charge in [0.25, 0.3) is 0 Å². The van der Waals surface area contributed by atoms with Gasteiger partial charge in [-0.1, -0.05) is 11.6 Å². The standard InChI is InChI=1S/C12H13BrClNO5S/c1-12(20-5-11(16)17)6-15(7-12)21(18,19)8-2-3-10(14)9(13)4-8/h2-4H,5-7H2,1H3,(H,16,17). The summed E-state index contributed by atoms with van der Waals surface area (Å²) < 4.78 is 31.7. The second kappa shape index (κ2) is 5.85. The van der Waals surface area contributed by atoms with Gasteiger partial charge in [-0.05, 0) is 41.1 Å². The summed E-state index contributed by atoms with van der Waals surface area (Å²) in [5.41, 5.74) is -0.769. The Kier molecular flexibility index (Phi) is 4.65. The Labute approximate surface area is 135 Å². The number of carboxylic acids is 1. The third-order valence-corrected chi connectivity index (χ3v) is 6.10. The molecule has 0 spiro atoms. The third-order valence-electron chi connectivity index (χ3n) is 3.09. The third kappa shape index (κ3) is 3.57. The molecule has 6 nitrogen and oxygen atoms in total. The largest absolute Gasteiger partial charge is 0.480 e. The minimum absolute atomic E-state index is 0.114. The Balaban J connectivity index is 2.09. The van der Waals surface area contributed by atoms with Gasteiger partial charge in [-0.3, -0.25) is 0 Å². The summed E-state index contributed by atoms with van der Waals surface area (Å²) >= 11 is 9.03. The molecule has 0 aliphatic carbocycles. The van der Waals surface area contributed by atoms with E-state index in [4.69, 9.17) is 21.4 Å². The van der Waals surface area contributed by atoms with Gasteiger partial charge in [0.1, 0.15) is 6.61 Å². The normalized spacial score (nSPS) is 18.2. The second-order valence-electron chi connectivity index (χ2n) is 4.98. The Bertz CT molecular complexity index is 672. The molecule has 0 atom stereocenters. The summed E-state index contributed by atoms with van der Waals surface area (Å²) in [6.45, 7) is 1.46. The van der Waals surface area contributed by atoms with E-state index in [1.54, 1.807) is 6.92 Å². The lowest BCUT2D eigenvalue weighted by Gasteiger charge is -2.46. The number of carbonyl (C=O) groups is 1. The number of carboxylic acid groups (broad SMARTS) is 1. The molecule has 0 aromatic heterocycles. The molecular weight excluding hydrogens is 386 g/mol. The molecule has 1 saturated heterocycles. The van der Waals surface area contributed by atoms with Crippen molar-refractivity contribution in [3.05, 3.63) is 27.7 Å². The minimum Gasteiger partial charge on any atom is -0.480 e. The number of sulfonamides is 1. The highest BCUT2D eigenvalue weighted by molar-refractivity contribution is 9.10. The molecule has 0 unspecified atom stereocenters. The number of hydrogen-bond acceptors (Lipinski definition) is 4. The van der Waals surface area contributed by atoms with Gasteiger partial charge in [-0.15, -0.1) is 0 Å². The maximum absolute atomic E-state index is 12.4. The van der Waals surface area contributed by atoms with Crippen LogP contribution in [0.2, 0.25) is 5.02 Å². The van der Waals surface area contributed by atoms with Crippen LogP contribution < -0.4 is 0 Å². The molecule has 0 bridgehead atoms. The maximum atomic E-state index is 12.4. The van der Waals surface area contributed by atoms with E-state index in [1.165, 1.54) is 22.5 Å². The van der Waals surface area contributed by atoms with Crippen LogP contribution in [0.4, 0.5) is 0 Å². The summed E-state index contributed by atoms with van der Waals surface area (Å²) in [5, 5.41) is 9.01. The number of rotatable bonds is 5. The number of halogens is 2. The van der Waals surface area contributed by atoms with E-state index < -0.39 is 28.2 Å². The molecule has 0 radical (unpaired) electrons. The van der Waals surface area contributed by atoms with Gasteiger partial charge in [0.15, 0.2) is 0 Å². The Morgan fingerprint density at radius 3 is 2.67 bits per heavy atom. The lowest BCUT2D eigenvalue weighted by Crippen LogP contribution is -2.63. The van der Waals surface area contributed by atoms with Crippen LogP contribution in [-0.2, 0) is 19.6 Å². The Morgan fingerprint density at radius 2 is 2.14 bits per heavy atom. The average Bonchev–Trinajstić information content (AvgIpc) is 2.36. The van der Waals surface area contributed by atoms with Crippen LogP contribution in [0.3, 0.4) is 0 Å². The monoisotopic (exact) mass is 397 g/mol. The Morgan fingerprint density at radius 1 is 1.52 bits per heavy atom. The minimum atomic E-state index is -3.63. The van der Waals surface area contributed by atoms with Crippen molar-refractivity contribution in [2.24, 2.45) is 0 Å². The molecule has 1 aliphatic heterocycles. The van der Waals surface area contributed by atoms with Gasteiger partial charge in [0.2, 0.25) is 10.0 Å². The molecule has 1 aromatic carbocycles. The Hall–Kier alpha value is -0.670. The summed E-state index contributed by atoms with van der Waals surface area (Å²) in [6, 6.07) is 4.36. The van der Waals surface area contributed by atoms with Crippen LogP contribution >= 0.6 is 27.5 Å². The second-order valence-corrected chi connectivity index (χ2v) is 8.18. The first kappa shape index (κ1) is 16.7. The molecule has 2 rings (SSSR count). The van der Waals surface area contributed by atoms with Gasteiger partial charge in [0, 0.05) is 17.6 Å². The van der Waals surface area contributed by atoms with Crippen molar-refractivity contribution in [3.63, 3.8) is 0 Å². The zero-order chi connectivity index (χ0) is 15.8. The molecule has 1 fully saturated rings. The summed E-state index contributed by atoms with van der Waals surface area (Å²) in [5.74, 6) is -1.08. The first-order chi connectivity index (χ1) is 9.64. The molecule has 1 aromatic rings. The summed E-state index contributed by atoms with van der Waals surface area (Å²) in [7, 11) is -3.63. The molecule has 0 saturated carbocycles. The van der Waals surface area contributed by atoms with Crippen molar-refractivity contribution < 1.29 is 23.1 Å². The number of ether oxygens (including phenoxy) is 1. The predicted octanol–water partition coefficient (Wildman–Crippen LogP) is 1.97. The molecule has 1 aliphatic rings. The number of benzene rings is 1. The molecule has 9 heteroatoms. The molecule has 1 heterocycles. The molecule has 1 N–H and O–H groups in total. The van der Waals surface area contributed by atoms with E-state index in [0.717, 1.165) is 0 Å². The highest BCUT2D eigenvalue weighted by atomic mass is 79.9. The van der Waals surface area contributed by atoms with Gasteiger partial charge in [-0.2, -0.15) is 4.31 Å². The number of aliphatic carboxylic acids is 1. The van der Waals surface area contributed by atoms with Crippen LogP contribution in [0.1, 0.15) is 6.92 Å². The van der Waals surface area contributed by atoms with Crippen LogP contribution in [-0.4, -0.2) is 49.1 Å². The lowest BCUT2D eigenvalue weighted by molar-refractivity contribution is -0.157. The molecule has 0 amide bonds. The number of hydrogen-bond donors (Lipinski definition) is 1. The van der Waals surface area contributed by atoms with Crippen molar-refractivity contribution in [2.45, 2.75) is 17.4 Å². The van der Waals surface area contributed by atoms with E-state index in [0.29, 0.717) is 9.50 Å². The summed E-state index contributed by atoms with van der Waals surface area (Å²) in [4.78, 5) is 10.6. The van der Waals surface area contributed by atoms with E-state index in [-0.39, 0.29) is 18.0 Å². The topological polar surface area (TPSA) is 83.9 Å². The fourth-order valence-corrected chi connectivity index (χ4v) is 4.32. The molecule has 116 valence electrons. The van der Waals surface area contributed by atoms with Crippen LogP contribution in [0.5, 0.6) is 0 Å².